The van der Waals surface area contributed by atoms with Crippen molar-refractivity contribution in [3.05, 3.63) is 23.8 Å². The van der Waals surface area contributed by atoms with Crippen molar-refractivity contribution in [3.63, 3.8) is 0 Å². The molecule has 0 aliphatic rings. The lowest BCUT2D eigenvalue weighted by Gasteiger charge is -2.24. The number of likely N-dealkylation sites (N-methyl/N-ethyl adjacent to an activating group) is 1. The molecule has 1 aromatic carbocycles. The van der Waals surface area contributed by atoms with E-state index >= 15 is 0 Å². The number of nitrogens with zero attached hydrogens (tertiary/aromatic N) is 2. The van der Waals surface area contributed by atoms with E-state index in [0.717, 1.165) is 49.6 Å². The Morgan fingerprint density at radius 1 is 1.16 bits per heavy atom. The molecule has 0 atom stereocenters. The number of anilines is 1. The van der Waals surface area contributed by atoms with E-state index in [1.165, 1.54) is 0 Å². The molecule has 19 heavy (non-hydrogen) atoms. The summed E-state index contributed by atoms with van der Waals surface area (Å²) in [6, 6.07) is 5.86. The molecule has 0 amide bonds. The second-order valence-electron chi connectivity index (χ2n) is 5.14. The molecular weight excluding hydrogens is 238 g/mol. The lowest BCUT2D eigenvalue weighted by molar-refractivity contribution is 0.234. The van der Waals surface area contributed by atoms with Crippen LogP contribution in [0.1, 0.15) is 18.9 Å². The molecular formula is C15H27N3O. The topological polar surface area (TPSA) is 41.7 Å². The van der Waals surface area contributed by atoms with Gasteiger partial charge in [0.15, 0.2) is 0 Å². The Morgan fingerprint density at radius 3 is 2.47 bits per heavy atom. The number of ether oxygens (including phenoxy) is 1. The third-order valence-electron chi connectivity index (χ3n) is 3.15. The quantitative estimate of drug-likeness (QED) is 0.731. The first-order valence-electron chi connectivity index (χ1n) is 6.86. The summed E-state index contributed by atoms with van der Waals surface area (Å²) in [5.41, 5.74) is 8.04. The lowest BCUT2D eigenvalue weighted by atomic mass is 10.1. The SMILES string of the molecule is CCCN(CCN(C)C)Cc1cc(OC)ccc1N. The summed E-state index contributed by atoms with van der Waals surface area (Å²) in [5, 5.41) is 0. The highest BCUT2D eigenvalue weighted by Crippen LogP contribution is 2.21. The van der Waals surface area contributed by atoms with Gasteiger partial charge in [-0.25, -0.2) is 0 Å². The van der Waals surface area contributed by atoms with Crippen LogP contribution in [0.3, 0.4) is 0 Å². The zero-order valence-corrected chi connectivity index (χ0v) is 12.6. The maximum Gasteiger partial charge on any atom is 0.119 e. The van der Waals surface area contributed by atoms with E-state index in [4.69, 9.17) is 10.5 Å². The molecule has 0 heterocycles. The van der Waals surface area contributed by atoms with Crippen molar-refractivity contribution >= 4 is 5.69 Å². The van der Waals surface area contributed by atoms with Crippen LogP contribution in [0.4, 0.5) is 5.69 Å². The third kappa shape index (κ3) is 5.49. The first kappa shape index (κ1) is 15.8. The zero-order chi connectivity index (χ0) is 14.3. The van der Waals surface area contributed by atoms with Crippen LogP contribution >= 0.6 is 0 Å². The van der Waals surface area contributed by atoms with E-state index in [9.17, 15) is 0 Å². The van der Waals surface area contributed by atoms with Crippen LogP contribution < -0.4 is 10.5 Å². The molecule has 4 nitrogen and oxygen atoms in total. The van der Waals surface area contributed by atoms with Crippen LogP contribution in [-0.4, -0.2) is 50.6 Å². The molecule has 0 aliphatic heterocycles. The minimum Gasteiger partial charge on any atom is -0.497 e. The van der Waals surface area contributed by atoms with Crippen molar-refractivity contribution in [1.82, 2.24) is 9.80 Å². The number of hydrogen-bond donors (Lipinski definition) is 1. The van der Waals surface area contributed by atoms with Gasteiger partial charge < -0.3 is 15.4 Å². The Morgan fingerprint density at radius 2 is 1.89 bits per heavy atom. The van der Waals surface area contributed by atoms with E-state index in [0.29, 0.717) is 0 Å². The summed E-state index contributed by atoms with van der Waals surface area (Å²) in [7, 11) is 5.89. The predicted octanol–water partition coefficient (Wildman–Crippen LogP) is 2.05. The number of benzene rings is 1. The summed E-state index contributed by atoms with van der Waals surface area (Å²) >= 11 is 0. The summed E-state index contributed by atoms with van der Waals surface area (Å²) in [6.45, 7) is 6.29. The highest BCUT2D eigenvalue weighted by atomic mass is 16.5. The first-order valence-corrected chi connectivity index (χ1v) is 6.86. The molecule has 0 saturated heterocycles. The molecule has 1 rings (SSSR count). The summed E-state index contributed by atoms with van der Waals surface area (Å²) in [4.78, 5) is 4.64. The second-order valence-corrected chi connectivity index (χ2v) is 5.14. The van der Waals surface area contributed by atoms with Gasteiger partial charge in [0, 0.05) is 25.3 Å². The van der Waals surface area contributed by atoms with Gasteiger partial charge >= 0.3 is 0 Å². The normalized spacial score (nSPS) is 11.3. The van der Waals surface area contributed by atoms with Crippen molar-refractivity contribution in [2.45, 2.75) is 19.9 Å². The van der Waals surface area contributed by atoms with Crippen LogP contribution in [0.25, 0.3) is 0 Å². The smallest absolute Gasteiger partial charge is 0.119 e. The minimum atomic E-state index is 0.840. The van der Waals surface area contributed by atoms with Crippen molar-refractivity contribution in [2.24, 2.45) is 0 Å². The predicted molar refractivity (Wildman–Crippen MR) is 81.5 cm³/mol. The third-order valence-corrected chi connectivity index (χ3v) is 3.15. The summed E-state index contributed by atoms with van der Waals surface area (Å²) < 4.78 is 5.27. The van der Waals surface area contributed by atoms with Crippen LogP contribution in [0.2, 0.25) is 0 Å². The van der Waals surface area contributed by atoms with E-state index in [1.807, 2.05) is 18.2 Å². The number of nitrogens with two attached hydrogens (primary N) is 1. The molecule has 2 N–H and O–H groups in total. The maximum absolute atomic E-state index is 6.05. The molecule has 4 heteroatoms. The lowest BCUT2D eigenvalue weighted by Crippen LogP contribution is -2.32. The molecule has 108 valence electrons. The van der Waals surface area contributed by atoms with Gasteiger partial charge in [-0.1, -0.05) is 6.92 Å². The molecule has 0 bridgehead atoms. The van der Waals surface area contributed by atoms with E-state index in [1.54, 1.807) is 7.11 Å². The summed E-state index contributed by atoms with van der Waals surface area (Å²) in [5.74, 6) is 0.869. The van der Waals surface area contributed by atoms with Crippen molar-refractivity contribution in [3.8, 4) is 5.75 Å². The first-order chi connectivity index (χ1) is 9.06. The van der Waals surface area contributed by atoms with E-state index in [2.05, 4.69) is 30.8 Å². The van der Waals surface area contributed by atoms with Gasteiger partial charge in [-0.3, -0.25) is 4.90 Å². The second kappa shape index (κ2) is 8.02. The van der Waals surface area contributed by atoms with E-state index in [-0.39, 0.29) is 0 Å². The van der Waals surface area contributed by atoms with Gasteiger partial charge in [0.25, 0.3) is 0 Å². The highest BCUT2D eigenvalue weighted by molar-refractivity contribution is 5.50. The summed E-state index contributed by atoms with van der Waals surface area (Å²) in [6.07, 6.45) is 1.15. The fraction of sp³-hybridized carbons (Fsp3) is 0.600. The van der Waals surface area contributed by atoms with Gasteiger partial charge in [-0.2, -0.15) is 0 Å². The van der Waals surface area contributed by atoms with Crippen LogP contribution in [0.5, 0.6) is 5.75 Å². The van der Waals surface area contributed by atoms with Crippen LogP contribution in [0.15, 0.2) is 18.2 Å². The molecule has 0 saturated carbocycles. The van der Waals surface area contributed by atoms with Gasteiger partial charge in [-0.05, 0) is 50.8 Å². The van der Waals surface area contributed by atoms with Crippen molar-refractivity contribution in [1.29, 1.82) is 0 Å². The van der Waals surface area contributed by atoms with Crippen molar-refractivity contribution in [2.75, 3.05) is 46.6 Å². The number of methoxy groups -OCH3 is 1. The Balaban J connectivity index is 2.71. The fourth-order valence-electron chi connectivity index (χ4n) is 2.01. The van der Waals surface area contributed by atoms with Crippen LogP contribution in [0, 0.1) is 0 Å². The average molecular weight is 265 g/mol. The number of hydrogen-bond acceptors (Lipinski definition) is 4. The van der Waals surface area contributed by atoms with Gasteiger partial charge in [0.2, 0.25) is 0 Å². The Labute approximate surface area is 117 Å². The molecule has 1 aromatic rings. The molecule has 0 aromatic heterocycles. The standard InChI is InChI=1S/C15H27N3O/c1-5-8-18(10-9-17(2)3)12-13-11-14(19-4)6-7-15(13)16/h6-7,11H,5,8-10,12,16H2,1-4H3. The molecule has 0 aliphatic carbocycles. The molecule has 0 unspecified atom stereocenters. The highest BCUT2D eigenvalue weighted by Gasteiger charge is 2.09. The monoisotopic (exact) mass is 265 g/mol. The largest absolute Gasteiger partial charge is 0.497 e. The molecule has 0 fully saturated rings. The number of nitrogen functional groups attached to an aromatic ring is 1. The van der Waals surface area contributed by atoms with Gasteiger partial charge in [-0.15, -0.1) is 0 Å². The van der Waals surface area contributed by atoms with Gasteiger partial charge in [0.05, 0.1) is 7.11 Å². The average Bonchev–Trinajstić information content (AvgIpc) is 2.38. The maximum atomic E-state index is 6.05. The Kier molecular flexibility index (Phi) is 6.67. The van der Waals surface area contributed by atoms with Gasteiger partial charge in [0.1, 0.15) is 5.75 Å². The Hall–Kier alpha value is -1.26. The zero-order valence-electron chi connectivity index (χ0n) is 12.6. The Bertz CT molecular complexity index is 380. The van der Waals surface area contributed by atoms with Crippen LogP contribution in [-0.2, 0) is 6.54 Å². The van der Waals surface area contributed by atoms with Crippen molar-refractivity contribution < 1.29 is 4.74 Å². The fourth-order valence-corrected chi connectivity index (χ4v) is 2.01. The number of rotatable bonds is 8. The molecule has 0 radical (unpaired) electrons. The minimum absolute atomic E-state index is 0.840. The van der Waals surface area contributed by atoms with E-state index < -0.39 is 0 Å². The molecule has 0 spiro atoms.